The normalized spacial score (nSPS) is 18.4. The fraction of sp³-hybridized carbons (Fsp3) is 0.524. The van der Waals surface area contributed by atoms with Crippen molar-refractivity contribution >= 4 is 23.6 Å². The van der Waals surface area contributed by atoms with Gasteiger partial charge in [-0.2, -0.15) is 0 Å². The van der Waals surface area contributed by atoms with Gasteiger partial charge in [-0.1, -0.05) is 43.8 Å². The molecule has 1 unspecified atom stereocenters. The summed E-state index contributed by atoms with van der Waals surface area (Å²) in [6, 6.07) is 7.26. The molecule has 0 saturated heterocycles. The molecule has 2 aromatic rings. The number of aryl methyl sites for hydroxylation is 1. The molecule has 0 spiro atoms. The third-order valence-corrected chi connectivity index (χ3v) is 5.62. The standard InChI is InChI=1S/C21H28N4O3S/c1-14(2)13-25-17(23-24-20(25)29-4)10-7-11-22-19(27)21(3)12-15-8-5-6-9-16(15)18(26)28-21/h5-6,8-9,14H,7,10-13H2,1-4H3,(H,22,27). The Labute approximate surface area is 175 Å². The number of esters is 1. The maximum Gasteiger partial charge on any atom is 0.339 e. The predicted octanol–water partition coefficient (Wildman–Crippen LogP) is 2.88. The summed E-state index contributed by atoms with van der Waals surface area (Å²) in [5.74, 6) is 0.713. The molecular weight excluding hydrogens is 388 g/mol. The van der Waals surface area contributed by atoms with Gasteiger partial charge >= 0.3 is 5.97 Å². The van der Waals surface area contributed by atoms with Crippen molar-refractivity contribution in [3.8, 4) is 0 Å². The number of nitrogens with one attached hydrogen (secondary N) is 1. The van der Waals surface area contributed by atoms with Crippen molar-refractivity contribution in [2.24, 2.45) is 5.92 Å². The molecule has 1 aromatic carbocycles. The molecule has 0 fully saturated rings. The Morgan fingerprint density at radius 2 is 2.10 bits per heavy atom. The molecule has 2 heterocycles. The van der Waals surface area contributed by atoms with Gasteiger partial charge in [-0.05, 0) is 37.1 Å². The number of fused-ring (bicyclic) bond motifs is 1. The number of hydrogen-bond acceptors (Lipinski definition) is 6. The lowest BCUT2D eigenvalue weighted by molar-refractivity contribution is -0.139. The summed E-state index contributed by atoms with van der Waals surface area (Å²) in [5, 5.41) is 12.4. The average Bonchev–Trinajstić information content (AvgIpc) is 3.05. The van der Waals surface area contributed by atoms with Gasteiger partial charge in [0.05, 0.1) is 5.56 Å². The lowest BCUT2D eigenvalue weighted by Crippen LogP contribution is -2.51. The largest absolute Gasteiger partial charge is 0.445 e. The van der Waals surface area contributed by atoms with Gasteiger partial charge in [0.25, 0.3) is 5.91 Å². The Hall–Kier alpha value is -2.35. The molecule has 0 saturated carbocycles. The van der Waals surface area contributed by atoms with Crippen molar-refractivity contribution in [3.05, 3.63) is 41.2 Å². The topological polar surface area (TPSA) is 86.1 Å². The van der Waals surface area contributed by atoms with Crippen LogP contribution in [0.3, 0.4) is 0 Å². The number of cyclic esters (lactones) is 1. The lowest BCUT2D eigenvalue weighted by atomic mass is 9.89. The van der Waals surface area contributed by atoms with E-state index in [1.165, 1.54) is 0 Å². The molecule has 1 aromatic heterocycles. The molecule has 1 amide bonds. The number of carbonyl (C=O) groups is 2. The highest BCUT2D eigenvalue weighted by Gasteiger charge is 2.42. The summed E-state index contributed by atoms with van der Waals surface area (Å²) < 4.78 is 7.63. The monoisotopic (exact) mass is 416 g/mol. The first kappa shape index (κ1) is 21.4. The van der Waals surface area contributed by atoms with Gasteiger partial charge in [0.15, 0.2) is 10.8 Å². The quantitative estimate of drug-likeness (QED) is 0.405. The van der Waals surface area contributed by atoms with E-state index in [2.05, 4.69) is 33.9 Å². The Bertz CT molecular complexity index is 896. The summed E-state index contributed by atoms with van der Waals surface area (Å²) in [6.45, 7) is 7.35. The van der Waals surface area contributed by atoms with Gasteiger partial charge in [-0.15, -0.1) is 10.2 Å². The Balaban J connectivity index is 1.56. The first-order valence-electron chi connectivity index (χ1n) is 9.89. The summed E-state index contributed by atoms with van der Waals surface area (Å²) >= 11 is 1.59. The van der Waals surface area contributed by atoms with E-state index in [-0.39, 0.29) is 5.91 Å². The molecule has 7 nitrogen and oxygen atoms in total. The van der Waals surface area contributed by atoms with Crippen LogP contribution < -0.4 is 5.32 Å². The van der Waals surface area contributed by atoms with Crippen molar-refractivity contribution in [1.29, 1.82) is 0 Å². The molecule has 8 heteroatoms. The molecule has 156 valence electrons. The number of hydrogen-bond donors (Lipinski definition) is 1. The number of amides is 1. The summed E-state index contributed by atoms with van der Waals surface area (Å²) in [4.78, 5) is 25.0. The zero-order valence-electron chi connectivity index (χ0n) is 17.4. The van der Waals surface area contributed by atoms with E-state index in [1.54, 1.807) is 30.8 Å². The van der Waals surface area contributed by atoms with Gasteiger partial charge in [0, 0.05) is 25.9 Å². The van der Waals surface area contributed by atoms with Crippen molar-refractivity contribution in [3.63, 3.8) is 0 Å². The highest BCUT2D eigenvalue weighted by molar-refractivity contribution is 7.98. The minimum absolute atomic E-state index is 0.270. The number of benzene rings is 1. The second kappa shape index (κ2) is 8.98. The average molecular weight is 417 g/mol. The first-order chi connectivity index (χ1) is 13.8. The van der Waals surface area contributed by atoms with E-state index >= 15 is 0 Å². The molecule has 1 N–H and O–H groups in total. The SMILES string of the molecule is CSc1nnc(CCCNC(=O)C2(C)Cc3ccccc3C(=O)O2)n1CC(C)C. The van der Waals surface area contributed by atoms with Crippen LogP contribution in [-0.4, -0.2) is 45.0 Å². The van der Waals surface area contributed by atoms with Gasteiger partial charge in [-0.25, -0.2) is 4.79 Å². The molecule has 1 aliphatic rings. The van der Waals surface area contributed by atoms with Gasteiger partial charge in [0.2, 0.25) is 0 Å². The second-order valence-corrected chi connectivity index (χ2v) is 8.69. The second-order valence-electron chi connectivity index (χ2n) is 7.92. The number of thioether (sulfide) groups is 1. The highest BCUT2D eigenvalue weighted by Crippen LogP contribution is 2.28. The van der Waals surface area contributed by atoms with Crippen LogP contribution in [0.4, 0.5) is 0 Å². The highest BCUT2D eigenvalue weighted by atomic mass is 32.2. The van der Waals surface area contributed by atoms with E-state index in [9.17, 15) is 9.59 Å². The lowest BCUT2D eigenvalue weighted by Gasteiger charge is -2.33. The van der Waals surface area contributed by atoms with Crippen LogP contribution >= 0.6 is 11.8 Å². The van der Waals surface area contributed by atoms with Gasteiger partial charge in [0.1, 0.15) is 5.82 Å². The van der Waals surface area contributed by atoms with Crippen LogP contribution in [0, 0.1) is 5.92 Å². The number of aromatic nitrogens is 3. The van der Waals surface area contributed by atoms with Crippen LogP contribution in [0.1, 0.15) is 48.9 Å². The maximum absolute atomic E-state index is 12.7. The zero-order valence-corrected chi connectivity index (χ0v) is 18.2. The summed E-state index contributed by atoms with van der Waals surface area (Å²) in [5.41, 5.74) is 0.189. The van der Waals surface area contributed by atoms with E-state index in [4.69, 9.17) is 4.74 Å². The summed E-state index contributed by atoms with van der Waals surface area (Å²) in [6.07, 6.45) is 3.83. The Kier molecular flexibility index (Phi) is 6.62. The van der Waals surface area contributed by atoms with Crippen LogP contribution in [0.15, 0.2) is 29.4 Å². The Morgan fingerprint density at radius 3 is 2.83 bits per heavy atom. The fourth-order valence-corrected chi connectivity index (χ4v) is 4.02. The third-order valence-electron chi connectivity index (χ3n) is 4.95. The van der Waals surface area contributed by atoms with E-state index in [0.717, 1.165) is 35.9 Å². The first-order valence-corrected chi connectivity index (χ1v) is 11.1. The predicted molar refractivity (Wildman–Crippen MR) is 112 cm³/mol. The van der Waals surface area contributed by atoms with E-state index in [0.29, 0.717) is 24.4 Å². The fourth-order valence-electron chi connectivity index (χ4n) is 3.50. The van der Waals surface area contributed by atoms with Gasteiger partial charge in [-0.3, -0.25) is 4.79 Å². The third kappa shape index (κ3) is 4.80. The van der Waals surface area contributed by atoms with Crippen molar-refractivity contribution in [2.45, 2.75) is 57.3 Å². The van der Waals surface area contributed by atoms with E-state index < -0.39 is 11.6 Å². The minimum atomic E-state index is -1.19. The van der Waals surface area contributed by atoms with Crippen LogP contribution in [-0.2, 0) is 28.9 Å². The number of rotatable bonds is 8. The smallest absolute Gasteiger partial charge is 0.339 e. The van der Waals surface area contributed by atoms with Crippen molar-refractivity contribution in [2.75, 3.05) is 12.8 Å². The molecule has 0 bridgehead atoms. The molecule has 1 atom stereocenters. The van der Waals surface area contributed by atoms with Gasteiger partial charge < -0.3 is 14.6 Å². The number of nitrogens with zero attached hydrogens (tertiary/aromatic N) is 3. The van der Waals surface area contributed by atoms with Crippen molar-refractivity contribution in [1.82, 2.24) is 20.1 Å². The maximum atomic E-state index is 12.7. The van der Waals surface area contributed by atoms with E-state index in [1.807, 2.05) is 18.4 Å². The molecule has 3 rings (SSSR count). The zero-order chi connectivity index (χ0) is 21.0. The van der Waals surface area contributed by atoms with Crippen LogP contribution in [0.2, 0.25) is 0 Å². The number of ether oxygens (including phenoxy) is 1. The molecule has 29 heavy (non-hydrogen) atoms. The van der Waals surface area contributed by atoms with Crippen molar-refractivity contribution < 1.29 is 14.3 Å². The minimum Gasteiger partial charge on any atom is -0.445 e. The molecule has 1 aliphatic heterocycles. The number of carbonyl (C=O) groups excluding carboxylic acids is 2. The Morgan fingerprint density at radius 1 is 1.34 bits per heavy atom. The molecule has 0 radical (unpaired) electrons. The summed E-state index contributed by atoms with van der Waals surface area (Å²) in [7, 11) is 0. The van der Waals surface area contributed by atoms with Crippen LogP contribution in [0.25, 0.3) is 0 Å². The molecule has 0 aliphatic carbocycles. The van der Waals surface area contributed by atoms with Crippen LogP contribution in [0.5, 0.6) is 0 Å². The molecular formula is C21H28N4O3S.